The molecule has 0 aromatic heterocycles. The molecule has 0 saturated carbocycles. The SMILES string of the molecule is CCC(C(=O)c1ccc(O)c(O)c1)N(O)C(C)C. The second-order valence-electron chi connectivity index (χ2n) is 4.47. The van der Waals surface area contributed by atoms with Crippen molar-refractivity contribution in [3.8, 4) is 11.5 Å². The number of phenolic OH excluding ortho intramolecular Hbond substituents is 2. The molecule has 1 aromatic rings. The van der Waals surface area contributed by atoms with Gasteiger partial charge in [-0.3, -0.25) is 4.79 Å². The van der Waals surface area contributed by atoms with Crippen LogP contribution in [0.3, 0.4) is 0 Å². The maximum Gasteiger partial charge on any atom is 0.182 e. The summed E-state index contributed by atoms with van der Waals surface area (Å²) in [5.74, 6) is -0.905. The molecule has 0 bridgehead atoms. The largest absolute Gasteiger partial charge is 0.504 e. The van der Waals surface area contributed by atoms with Crippen LogP contribution in [0.1, 0.15) is 37.6 Å². The molecule has 3 N–H and O–H groups in total. The molecule has 0 aliphatic heterocycles. The maximum atomic E-state index is 12.2. The van der Waals surface area contributed by atoms with Crippen molar-refractivity contribution >= 4 is 5.78 Å². The summed E-state index contributed by atoms with van der Waals surface area (Å²) >= 11 is 0. The van der Waals surface area contributed by atoms with Gasteiger partial charge in [-0.2, -0.15) is 5.06 Å². The molecule has 5 heteroatoms. The van der Waals surface area contributed by atoms with Gasteiger partial charge < -0.3 is 15.4 Å². The van der Waals surface area contributed by atoms with E-state index in [1.54, 1.807) is 20.8 Å². The molecule has 0 spiro atoms. The zero-order valence-corrected chi connectivity index (χ0v) is 10.8. The van der Waals surface area contributed by atoms with Crippen molar-refractivity contribution in [2.75, 3.05) is 0 Å². The molecule has 1 aromatic carbocycles. The van der Waals surface area contributed by atoms with Gasteiger partial charge in [-0.25, -0.2) is 0 Å². The third-order valence-corrected chi connectivity index (χ3v) is 2.80. The Morgan fingerprint density at radius 3 is 2.33 bits per heavy atom. The number of Topliss-reactive ketones (excluding diaryl/α,β-unsaturated/α-hetero) is 1. The van der Waals surface area contributed by atoms with E-state index in [2.05, 4.69) is 0 Å². The van der Waals surface area contributed by atoms with Gasteiger partial charge >= 0.3 is 0 Å². The van der Waals surface area contributed by atoms with Gasteiger partial charge in [0, 0.05) is 11.6 Å². The van der Waals surface area contributed by atoms with Crippen molar-refractivity contribution in [2.24, 2.45) is 0 Å². The molecule has 100 valence electrons. The smallest absolute Gasteiger partial charge is 0.182 e. The van der Waals surface area contributed by atoms with Gasteiger partial charge in [0.15, 0.2) is 17.3 Å². The quantitative estimate of drug-likeness (QED) is 0.425. The Hall–Kier alpha value is -1.59. The van der Waals surface area contributed by atoms with Crippen LogP contribution in [-0.4, -0.2) is 38.4 Å². The summed E-state index contributed by atoms with van der Waals surface area (Å²) in [5.41, 5.74) is 0.261. The molecule has 1 unspecified atom stereocenters. The van der Waals surface area contributed by atoms with Crippen molar-refractivity contribution < 1.29 is 20.2 Å². The van der Waals surface area contributed by atoms with Crippen LogP contribution in [0.4, 0.5) is 0 Å². The van der Waals surface area contributed by atoms with Crippen LogP contribution in [0.2, 0.25) is 0 Å². The predicted molar refractivity (Wildman–Crippen MR) is 66.9 cm³/mol. The summed E-state index contributed by atoms with van der Waals surface area (Å²) < 4.78 is 0. The lowest BCUT2D eigenvalue weighted by atomic mass is 10.0. The fourth-order valence-electron chi connectivity index (χ4n) is 1.72. The number of ketones is 1. The molecule has 0 radical (unpaired) electrons. The first-order chi connectivity index (χ1) is 8.38. The molecule has 0 aliphatic carbocycles. The van der Waals surface area contributed by atoms with E-state index in [9.17, 15) is 20.2 Å². The Labute approximate surface area is 106 Å². The van der Waals surface area contributed by atoms with E-state index in [-0.39, 0.29) is 28.9 Å². The van der Waals surface area contributed by atoms with E-state index in [1.807, 2.05) is 0 Å². The van der Waals surface area contributed by atoms with Crippen LogP contribution in [0.5, 0.6) is 11.5 Å². The van der Waals surface area contributed by atoms with Crippen LogP contribution in [-0.2, 0) is 0 Å². The summed E-state index contributed by atoms with van der Waals surface area (Å²) in [7, 11) is 0. The molecule has 0 saturated heterocycles. The Morgan fingerprint density at radius 2 is 1.89 bits per heavy atom. The number of carbonyl (C=O) groups is 1. The number of rotatable bonds is 5. The average Bonchev–Trinajstić information content (AvgIpc) is 2.33. The zero-order valence-electron chi connectivity index (χ0n) is 10.8. The molecule has 0 amide bonds. The van der Waals surface area contributed by atoms with Gasteiger partial charge in [0.2, 0.25) is 0 Å². The van der Waals surface area contributed by atoms with E-state index in [1.165, 1.54) is 18.2 Å². The number of hydrogen-bond donors (Lipinski definition) is 3. The highest BCUT2D eigenvalue weighted by Crippen LogP contribution is 2.26. The highest BCUT2D eigenvalue weighted by molar-refractivity contribution is 6.00. The van der Waals surface area contributed by atoms with Crippen molar-refractivity contribution in [1.29, 1.82) is 0 Å². The Kier molecular flexibility index (Phi) is 4.69. The summed E-state index contributed by atoms with van der Waals surface area (Å²) in [6.45, 7) is 5.36. The van der Waals surface area contributed by atoms with Gasteiger partial charge in [0.25, 0.3) is 0 Å². The van der Waals surface area contributed by atoms with Crippen molar-refractivity contribution in [1.82, 2.24) is 5.06 Å². The summed E-state index contributed by atoms with van der Waals surface area (Å²) in [6, 6.07) is 3.05. The minimum Gasteiger partial charge on any atom is -0.504 e. The summed E-state index contributed by atoms with van der Waals surface area (Å²) in [4.78, 5) is 12.2. The van der Waals surface area contributed by atoms with Crippen LogP contribution in [0.25, 0.3) is 0 Å². The molecular formula is C13H19NO4. The monoisotopic (exact) mass is 253 g/mol. The number of hydrogen-bond acceptors (Lipinski definition) is 5. The standard InChI is InChI=1S/C13H19NO4/c1-4-10(14(18)8(2)3)13(17)9-5-6-11(15)12(16)7-9/h5-8,10,15-16,18H,4H2,1-3H3. The molecule has 0 fully saturated rings. The molecule has 0 heterocycles. The van der Waals surface area contributed by atoms with E-state index in [4.69, 9.17) is 0 Å². The fourth-order valence-corrected chi connectivity index (χ4v) is 1.72. The molecular weight excluding hydrogens is 234 g/mol. The van der Waals surface area contributed by atoms with Gasteiger partial charge in [-0.15, -0.1) is 0 Å². The van der Waals surface area contributed by atoms with E-state index in [0.717, 1.165) is 5.06 Å². The van der Waals surface area contributed by atoms with Crippen molar-refractivity contribution in [2.45, 2.75) is 39.3 Å². The van der Waals surface area contributed by atoms with Crippen molar-refractivity contribution in [3.63, 3.8) is 0 Å². The summed E-state index contributed by atoms with van der Waals surface area (Å²) in [5, 5.41) is 29.4. The maximum absolute atomic E-state index is 12.2. The fraction of sp³-hybridized carbons (Fsp3) is 0.462. The molecule has 1 rings (SSSR count). The predicted octanol–water partition coefficient (Wildman–Crippen LogP) is 2.16. The number of phenols is 2. The lowest BCUT2D eigenvalue weighted by molar-refractivity contribution is -0.139. The first-order valence-electron chi connectivity index (χ1n) is 5.91. The lowest BCUT2D eigenvalue weighted by Crippen LogP contribution is -2.42. The van der Waals surface area contributed by atoms with Crippen molar-refractivity contribution in [3.05, 3.63) is 23.8 Å². The molecule has 1 atom stereocenters. The Balaban J connectivity index is 3.00. The molecule has 0 aliphatic rings. The minimum atomic E-state index is -0.658. The number of benzene rings is 1. The Morgan fingerprint density at radius 1 is 1.28 bits per heavy atom. The second kappa shape index (κ2) is 5.84. The zero-order chi connectivity index (χ0) is 13.9. The van der Waals surface area contributed by atoms with Gasteiger partial charge in [-0.1, -0.05) is 6.92 Å². The van der Waals surface area contributed by atoms with Crippen LogP contribution in [0.15, 0.2) is 18.2 Å². The third-order valence-electron chi connectivity index (χ3n) is 2.80. The van der Waals surface area contributed by atoms with Gasteiger partial charge in [-0.05, 0) is 38.5 Å². The van der Waals surface area contributed by atoms with Gasteiger partial charge in [0.05, 0.1) is 6.04 Å². The second-order valence-corrected chi connectivity index (χ2v) is 4.47. The van der Waals surface area contributed by atoms with Gasteiger partial charge in [0.1, 0.15) is 0 Å². The average molecular weight is 253 g/mol. The first-order valence-corrected chi connectivity index (χ1v) is 5.91. The number of nitrogens with zero attached hydrogens (tertiary/aromatic N) is 1. The van der Waals surface area contributed by atoms with Crippen LogP contribution < -0.4 is 0 Å². The van der Waals surface area contributed by atoms with E-state index >= 15 is 0 Å². The third kappa shape index (κ3) is 3.00. The normalized spacial score (nSPS) is 13.0. The number of aromatic hydroxyl groups is 2. The number of carbonyl (C=O) groups excluding carboxylic acids is 1. The highest BCUT2D eigenvalue weighted by Gasteiger charge is 2.26. The Bertz CT molecular complexity index is 431. The van der Waals surface area contributed by atoms with Crippen LogP contribution in [0, 0.1) is 0 Å². The number of hydroxylamine groups is 2. The van der Waals surface area contributed by atoms with E-state index < -0.39 is 6.04 Å². The van der Waals surface area contributed by atoms with Crippen LogP contribution >= 0.6 is 0 Å². The highest BCUT2D eigenvalue weighted by atomic mass is 16.5. The molecule has 18 heavy (non-hydrogen) atoms. The lowest BCUT2D eigenvalue weighted by Gasteiger charge is -2.27. The first kappa shape index (κ1) is 14.5. The summed E-state index contributed by atoms with van der Waals surface area (Å²) in [6.07, 6.45) is 0.454. The molecule has 5 nitrogen and oxygen atoms in total. The minimum absolute atomic E-state index is 0.176. The topological polar surface area (TPSA) is 81.0 Å². The van der Waals surface area contributed by atoms with E-state index in [0.29, 0.717) is 6.42 Å².